The highest BCUT2D eigenvalue weighted by Gasteiger charge is 2.62. The Labute approximate surface area is 203 Å². The van der Waals surface area contributed by atoms with Crippen LogP contribution < -0.4 is 0 Å². The lowest BCUT2D eigenvalue weighted by molar-refractivity contribution is 0.150. The van der Waals surface area contributed by atoms with Crippen LogP contribution in [0, 0.1) is 52.6 Å². The van der Waals surface area contributed by atoms with Crippen LogP contribution in [0.5, 0.6) is 0 Å². The molecule has 201 valence electrons. The van der Waals surface area contributed by atoms with Crippen molar-refractivity contribution in [1.29, 1.82) is 0 Å². The number of alkyl halides is 3. The van der Waals surface area contributed by atoms with E-state index in [1.165, 1.54) is 6.08 Å². The largest absolute Gasteiger partial charge is 0.238 e. The Hall–Kier alpha value is -2.89. The molecule has 0 fully saturated rings. The lowest BCUT2D eigenvalue weighted by Gasteiger charge is -2.40. The average molecular weight is 579 g/mol. The Kier molecular flexibility index (Phi) is 5.84. The molecule has 0 aliphatic heterocycles. The van der Waals surface area contributed by atoms with Crippen LogP contribution in [-0.2, 0) is 0 Å². The van der Waals surface area contributed by atoms with Crippen molar-refractivity contribution in [1.82, 2.24) is 0 Å². The fraction of sp³-hybridized carbons (Fsp3) is 0.217. The second kappa shape index (κ2) is 8.30. The van der Waals surface area contributed by atoms with Gasteiger partial charge in [-0.05, 0) is 14.6 Å². The van der Waals surface area contributed by atoms with E-state index in [1.54, 1.807) is 0 Å². The molecular formula is C23H6F14P. The van der Waals surface area contributed by atoms with Crippen LogP contribution >= 0.6 is 7.92 Å². The van der Waals surface area contributed by atoms with Crippen LogP contribution in [-0.4, -0.2) is 24.4 Å². The quantitative estimate of drug-likeness (QED) is 0.145. The predicted molar refractivity (Wildman–Crippen MR) is 104 cm³/mol. The third kappa shape index (κ3) is 2.98. The van der Waals surface area contributed by atoms with Crippen molar-refractivity contribution in [3.05, 3.63) is 92.4 Å². The van der Waals surface area contributed by atoms with Crippen LogP contribution in [0.3, 0.4) is 0 Å². The molecule has 4 unspecified atom stereocenters. The number of fused-ring (bicyclic) bond motifs is 3. The summed E-state index contributed by atoms with van der Waals surface area (Å²) in [5.41, 5.74) is -13.0. The smallest absolute Gasteiger partial charge is 0.218 e. The second-order valence-electron chi connectivity index (χ2n) is 8.41. The number of halogens is 14. The molecule has 15 heteroatoms. The molecule has 2 aromatic carbocycles. The van der Waals surface area contributed by atoms with Gasteiger partial charge in [-0.1, -0.05) is 0 Å². The second-order valence-corrected chi connectivity index (χ2v) is 10.8. The van der Waals surface area contributed by atoms with Gasteiger partial charge < -0.3 is 0 Å². The molecule has 4 atom stereocenters. The summed E-state index contributed by atoms with van der Waals surface area (Å²) in [6.07, 6.45) is -5.32. The van der Waals surface area contributed by atoms with Gasteiger partial charge in [0.2, 0.25) is 5.41 Å². The maximum absolute atomic E-state index is 16.3. The lowest BCUT2D eigenvalue weighted by atomic mass is 9.93. The van der Waals surface area contributed by atoms with Gasteiger partial charge in [-0.3, -0.25) is 0 Å². The molecule has 2 aromatic rings. The minimum absolute atomic E-state index is 0.397. The van der Waals surface area contributed by atoms with Gasteiger partial charge in [-0.25, -0.2) is 61.5 Å². The van der Waals surface area contributed by atoms with Crippen molar-refractivity contribution in [3.63, 3.8) is 0 Å². The molecule has 0 heterocycles. The van der Waals surface area contributed by atoms with Gasteiger partial charge in [0.1, 0.15) is 5.83 Å². The minimum Gasteiger partial charge on any atom is -0.238 e. The maximum atomic E-state index is 16.3. The molecule has 3 aliphatic carbocycles. The number of rotatable bonds is 2. The van der Waals surface area contributed by atoms with Crippen molar-refractivity contribution >= 4 is 7.92 Å². The summed E-state index contributed by atoms with van der Waals surface area (Å²) < 4.78 is 205. The van der Waals surface area contributed by atoms with E-state index in [1.807, 2.05) is 0 Å². The average Bonchev–Trinajstić information content (AvgIpc) is 3.39. The van der Waals surface area contributed by atoms with E-state index in [0.717, 1.165) is 0 Å². The van der Waals surface area contributed by atoms with E-state index in [4.69, 9.17) is 0 Å². The Morgan fingerprint density at radius 3 is 1.50 bits per heavy atom. The highest BCUT2D eigenvalue weighted by molar-refractivity contribution is 7.59. The van der Waals surface area contributed by atoms with Crippen LogP contribution in [0.4, 0.5) is 61.5 Å². The number of hydrogen-bond acceptors (Lipinski definition) is 0. The van der Waals surface area contributed by atoms with Crippen molar-refractivity contribution < 1.29 is 61.5 Å². The molecule has 3 aliphatic rings. The zero-order valence-corrected chi connectivity index (χ0v) is 18.9. The van der Waals surface area contributed by atoms with Gasteiger partial charge in [0.25, 0.3) is 0 Å². The number of hydrogen-bond donors (Lipinski definition) is 0. The molecule has 0 saturated carbocycles. The first-order chi connectivity index (χ1) is 17.6. The normalized spacial score (nSPS) is 25.6. The summed E-state index contributed by atoms with van der Waals surface area (Å²) in [4.78, 5) is 0. The number of benzene rings is 2. The Bertz CT molecular complexity index is 1490. The summed E-state index contributed by atoms with van der Waals surface area (Å²) in [5, 5.41) is -4.51. The standard InChI is InChI=1S/C23H6F14P/c1-38(23(37)21(35)6-4(25)2-3(24)5(6)15(30)22(23)36)20-9-7(11(26)16(31)18(33)13(9)28)8-10(20)14(29)19(34)17(32)12(8)27/h3,20-21H,1H3. The highest BCUT2D eigenvalue weighted by Crippen LogP contribution is 2.73. The van der Waals surface area contributed by atoms with Crippen LogP contribution in [0.15, 0.2) is 28.6 Å². The van der Waals surface area contributed by atoms with Crippen molar-refractivity contribution in [2.24, 2.45) is 0 Å². The van der Waals surface area contributed by atoms with E-state index in [-0.39, 0.29) is 0 Å². The predicted octanol–water partition coefficient (Wildman–Crippen LogP) is 8.45. The van der Waals surface area contributed by atoms with Gasteiger partial charge in [-0.2, -0.15) is 0 Å². The molecule has 0 saturated heterocycles. The molecule has 0 nitrogen and oxygen atoms in total. The van der Waals surface area contributed by atoms with Crippen molar-refractivity contribution in [3.8, 4) is 11.1 Å². The van der Waals surface area contributed by atoms with E-state index in [0.29, 0.717) is 6.66 Å². The minimum atomic E-state index is -4.51. The summed E-state index contributed by atoms with van der Waals surface area (Å²) in [7, 11) is -3.79. The molecule has 0 amide bonds. The van der Waals surface area contributed by atoms with Crippen LogP contribution in [0.25, 0.3) is 11.1 Å². The molecule has 0 N–H and O–H groups in total. The van der Waals surface area contributed by atoms with Crippen molar-refractivity contribution in [2.75, 3.05) is 6.66 Å². The summed E-state index contributed by atoms with van der Waals surface area (Å²) >= 11 is 0. The topological polar surface area (TPSA) is 0 Å². The van der Waals surface area contributed by atoms with Crippen molar-refractivity contribution in [2.45, 2.75) is 23.4 Å². The summed E-state index contributed by atoms with van der Waals surface area (Å²) in [5.74, 6) is -27.7. The Morgan fingerprint density at radius 2 is 1.05 bits per heavy atom. The first-order valence-corrected chi connectivity index (χ1v) is 12.0. The van der Waals surface area contributed by atoms with Crippen LogP contribution in [0.1, 0.15) is 16.8 Å². The van der Waals surface area contributed by atoms with E-state index in [2.05, 4.69) is 0 Å². The maximum Gasteiger partial charge on any atom is 0.218 e. The molecule has 0 aromatic heterocycles. The van der Waals surface area contributed by atoms with E-state index >= 15 is 13.2 Å². The summed E-state index contributed by atoms with van der Waals surface area (Å²) in [6.45, 7) is 0.397. The third-order valence-electron chi connectivity index (χ3n) is 6.66. The third-order valence-corrected chi connectivity index (χ3v) is 9.40. The van der Waals surface area contributed by atoms with Gasteiger partial charge >= 0.3 is 0 Å². The van der Waals surface area contributed by atoms with Gasteiger partial charge in [-0.15, -0.1) is 0 Å². The fourth-order valence-electron chi connectivity index (χ4n) is 4.92. The lowest BCUT2D eigenvalue weighted by Crippen LogP contribution is -2.40. The monoisotopic (exact) mass is 579 g/mol. The van der Waals surface area contributed by atoms with Crippen LogP contribution in [0.2, 0.25) is 0 Å². The Morgan fingerprint density at radius 1 is 0.632 bits per heavy atom. The van der Waals surface area contributed by atoms with Gasteiger partial charge in [0.05, 0.1) is 0 Å². The fourth-order valence-corrected chi connectivity index (χ4v) is 7.45. The van der Waals surface area contributed by atoms with E-state index < -0.39 is 129 Å². The summed E-state index contributed by atoms with van der Waals surface area (Å²) in [6, 6.07) is 0. The SMILES string of the molecule is CP(C1c2c(F)c(F)c(F)c(F)c2-c2c(F)c(F)c(F)c(F)c21)C1(F)C(F)=C(F)C2=C(C(F)=[C]C2F)C1F. The van der Waals surface area contributed by atoms with Gasteiger partial charge in [0, 0.05) is 45.1 Å². The Balaban J connectivity index is 1.85. The first kappa shape index (κ1) is 26.7. The zero-order valence-electron chi connectivity index (χ0n) is 18.0. The van der Waals surface area contributed by atoms with Gasteiger partial charge in [0.15, 0.2) is 70.5 Å². The first-order valence-electron chi connectivity index (χ1n) is 10.1. The van der Waals surface area contributed by atoms with E-state index in [9.17, 15) is 48.3 Å². The molecule has 0 spiro atoms. The molecule has 38 heavy (non-hydrogen) atoms. The molecule has 5 rings (SSSR count). The molecule has 0 bridgehead atoms. The number of allylic oxidation sites excluding steroid dienone is 6. The molecular weight excluding hydrogens is 573 g/mol. The highest BCUT2D eigenvalue weighted by atomic mass is 31.1. The zero-order chi connectivity index (χ0) is 28.3. The molecule has 1 radical (unpaired) electrons.